The van der Waals surface area contributed by atoms with E-state index in [1.807, 2.05) is 48.5 Å². The zero-order chi connectivity index (χ0) is 20.4. The average Bonchev–Trinajstić information content (AvgIpc) is 3.08. The van der Waals surface area contributed by atoms with E-state index in [9.17, 15) is 9.90 Å². The van der Waals surface area contributed by atoms with Crippen molar-refractivity contribution >= 4 is 94.1 Å². The Morgan fingerprint density at radius 1 is 1.00 bits per heavy atom. The van der Waals surface area contributed by atoms with Gasteiger partial charge in [-0.3, -0.25) is 0 Å². The summed E-state index contributed by atoms with van der Waals surface area (Å²) in [5, 5.41) is 12.3. The summed E-state index contributed by atoms with van der Waals surface area (Å²) in [5.74, 6) is -0.157. The van der Waals surface area contributed by atoms with Gasteiger partial charge < -0.3 is 9.52 Å². The molecule has 0 radical (unpaired) electrons. The molecule has 0 atom stereocenters. The van der Waals surface area contributed by atoms with E-state index in [2.05, 4.69) is 63.2 Å². The SMILES string of the molecule is BrB(Br)Br.Cc1c(C(=O)O)cc2cc(-c3cc4ccccc4o3)ccc2c1Br. The topological polar surface area (TPSA) is 50.4 Å². The fraction of sp³-hybridized carbons (Fsp3) is 0.0500. The number of carboxylic acids is 1. The number of rotatable bonds is 2. The van der Waals surface area contributed by atoms with Gasteiger partial charge in [0, 0.05) is 15.4 Å². The molecule has 0 unspecified atom stereocenters. The van der Waals surface area contributed by atoms with Gasteiger partial charge in [-0.1, -0.05) is 30.3 Å². The molecule has 0 fully saturated rings. The van der Waals surface area contributed by atoms with Gasteiger partial charge in [0.2, 0.25) is 0 Å². The van der Waals surface area contributed by atoms with E-state index in [-0.39, 0.29) is 3.18 Å². The highest BCUT2D eigenvalue weighted by Gasteiger charge is 2.14. The van der Waals surface area contributed by atoms with E-state index >= 15 is 0 Å². The molecule has 0 saturated carbocycles. The third kappa shape index (κ3) is 4.73. The molecule has 0 bridgehead atoms. The summed E-state index contributed by atoms with van der Waals surface area (Å²) in [4.78, 5) is 11.5. The van der Waals surface area contributed by atoms with Crippen LogP contribution in [-0.2, 0) is 0 Å². The van der Waals surface area contributed by atoms with E-state index in [0.29, 0.717) is 5.56 Å². The number of aromatic carboxylic acids is 1. The summed E-state index contributed by atoms with van der Waals surface area (Å²) in [6.07, 6.45) is 0. The minimum absolute atomic E-state index is 0.271. The first kappa shape index (κ1) is 21.6. The second-order valence-electron chi connectivity index (χ2n) is 6.00. The van der Waals surface area contributed by atoms with E-state index in [1.165, 1.54) is 0 Å². The van der Waals surface area contributed by atoms with E-state index in [1.54, 1.807) is 13.0 Å². The van der Waals surface area contributed by atoms with Crippen molar-refractivity contribution in [2.75, 3.05) is 0 Å². The van der Waals surface area contributed by atoms with Crippen LogP contribution >= 0.6 is 63.2 Å². The molecule has 8 heteroatoms. The molecule has 0 aliphatic carbocycles. The number of furan rings is 1. The number of carboxylic acid groups (broad SMARTS) is 1. The maximum atomic E-state index is 11.5. The third-order valence-corrected chi connectivity index (χ3v) is 5.28. The molecule has 1 heterocycles. The Hall–Kier alpha value is -1.09. The first-order valence-corrected chi connectivity index (χ1v) is 11.7. The highest BCUT2D eigenvalue weighted by Crippen LogP contribution is 2.34. The summed E-state index contributed by atoms with van der Waals surface area (Å²) in [6, 6.07) is 17.5. The van der Waals surface area contributed by atoms with Crippen molar-refractivity contribution in [3.63, 3.8) is 0 Å². The van der Waals surface area contributed by atoms with Gasteiger partial charge >= 0.3 is 9.15 Å². The first-order chi connectivity index (χ1) is 13.3. The van der Waals surface area contributed by atoms with Crippen LogP contribution in [0.5, 0.6) is 0 Å². The number of fused-ring (bicyclic) bond motifs is 2. The summed E-state index contributed by atoms with van der Waals surface area (Å²) >= 11 is 12.8. The van der Waals surface area contributed by atoms with E-state index in [0.717, 1.165) is 43.1 Å². The first-order valence-electron chi connectivity index (χ1n) is 8.15. The Bertz CT molecular complexity index is 1140. The van der Waals surface area contributed by atoms with Gasteiger partial charge in [-0.05, 0) is 63.5 Å². The molecule has 0 aliphatic heterocycles. The monoisotopic (exact) mass is 628 g/mol. The normalized spacial score (nSPS) is 10.6. The zero-order valence-corrected chi connectivity index (χ0v) is 20.9. The molecule has 142 valence electrons. The van der Waals surface area contributed by atoms with Crippen LogP contribution in [0.3, 0.4) is 0 Å². The molecule has 3 nitrogen and oxygen atoms in total. The van der Waals surface area contributed by atoms with E-state index in [4.69, 9.17) is 4.42 Å². The fourth-order valence-corrected chi connectivity index (χ4v) is 3.54. The lowest BCUT2D eigenvalue weighted by molar-refractivity contribution is 0.0696. The van der Waals surface area contributed by atoms with Crippen LogP contribution < -0.4 is 0 Å². The number of hydrogen-bond acceptors (Lipinski definition) is 2. The lowest BCUT2D eigenvalue weighted by Gasteiger charge is -2.09. The Balaban J connectivity index is 0.000000516. The zero-order valence-electron chi connectivity index (χ0n) is 14.5. The van der Waals surface area contributed by atoms with Gasteiger partial charge in [-0.25, -0.2) is 4.79 Å². The van der Waals surface area contributed by atoms with Crippen LogP contribution in [0, 0.1) is 6.92 Å². The predicted molar refractivity (Wildman–Crippen MR) is 131 cm³/mol. The van der Waals surface area contributed by atoms with Crippen LogP contribution in [0.1, 0.15) is 15.9 Å². The van der Waals surface area contributed by atoms with Crippen LogP contribution in [0.25, 0.3) is 33.1 Å². The summed E-state index contributed by atoms with van der Waals surface area (Å²) in [7, 11) is 0. The number of benzene rings is 3. The third-order valence-electron chi connectivity index (χ3n) is 4.26. The van der Waals surface area contributed by atoms with Gasteiger partial charge in [0.15, 0.2) is 0 Å². The molecule has 1 aromatic heterocycles. The number of carbonyl (C=O) groups is 1. The number of halogens is 4. The molecule has 4 rings (SSSR count). The standard InChI is InChI=1S/C20H13BrO3.BBr3/c1-11-16(20(22)23)9-14-8-13(6-7-15(14)19(11)21)18-10-12-4-2-3-5-17(12)24-18;2-1(3)4/h2-10H,1H3,(H,22,23);. The molecule has 0 amide bonds. The number of para-hydroxylation sites is 1. The van der Waals surface area contributed by atoms with Crippen molar-refractivity contribution < 1.29 is 14.3 Å². The van der Waals surface area contributed by atoms with Crippen LogP contribution in [0.2, 0.25) is 0 Å². The highest BCUT2D eigenvalue weighted by molar-refractivity contribution is 9.69. The fourth-order valence-electron chi connectivity index (χ4n) is 2.97. The summed E-state index contributed by atoms with van der Waals surface area (Å²) in [6.45, 7) is 1.81. The molecular weight excluding hydrogens is 619 g/mol. The van der Waals surface area contributed by atoms with Crippen LogP contribution in [0.15, 0.2) is 63.5 Å². The van der Waals surface area contributed by atoms with Crippen molar-refractivity contribution in [1.82, 2.24) is 0 Å². The number of hydrogen-bond donors (Lipinski definition) is 1. The summed E-state index contributed by atoms with van der Waals surface area (Å²) in [5.41, 5.74) is 2.79. The van der Waals surface area contributed by atoms with Crippen LogP contribution in [-0.4, -0.2) is 14.3 Å². The smallest absolute Gasteiger partial charge is 0.369 e. The molecule has 0 spiro atoms. The molecule has 3 aromatic carbocycles. The van der Waals surface area contributed by atoms with Crippen molar-refractivity contribution in [1.29, 1.82) is 0 Å². The van der Waals surface area contributed by atoms with Crippen molar-refractivity contribution in [2.45, 2.75) is 6.92 Å². The van der Waals surface area contributed by atoms with Gasteiger partial charge in [0.25, 0.3) is 0 Å². The molecule has 4 aromatic rings. The van der Waals surface area contributed by atoms with Crippen molar-refractivity contribution in [3.05, 3.63) is 70.2 Å². The maximum absolute atomic E-state index is 11.5. The van der Waals surface area contributed by atoms with Crippen LogP contribution in [0.4, 0.5) is 0 Å². The quantitative estimate of drug-likeness (QED) is 0.227. The highest BCUT2D eigenvalue weighted by atomic mass is 79.9. The van der Waals surface area contributed by atoms with Crippen molar-refractivity contribution in [3.8, 4) is 11.3 Å². The largest absolute Gasteiger partial charge is 0.478 e. The van der Waals surface area contributed by atoms with E-state index < -0.39 is 5.97 Å². The van der Waals surface area contributed by atoms with Gasteiger partial charge in [-0.2, -0.15) is 0 Å². The molecule has 1 N–H and O–H groups in total. The maximum Gasteiger partial charge on any atom is 0.369 e. The lowest BCUT2D eigenvalue weighted by Crippen LogP contribution is -2.00. The minimum Gasteiger partial charge on any atom is -0.478 e. The Morgan fingerprint density at radius 2 is 1.68 bits per heavy atom. The predicted octanol–water partition coefficient (Wildman–Crippen LogP) is 8.18. The van der Waals surface area contributed by atoms with Gasteiger partial charge in [-0.15, -0.1) is 47.3 Å². The van der Waals surface area contributed by atoms with Gasteiger partial charge in [0.1, 0.15) is 11.3 Å². The Kier molecular flexibility index (Phi) is 7.07. The molecule has 0 saturated heterocycles. The average molecular weight is 632 g/mol. The second kappa shape index (κ2) is 9.16. The molecular formula is C20H13BBr4O3. The van der Waals surface area contributed by atoms with Crippen molar-refractivity contribution in [2.24, 2.45) is 0 Å². The second-order valence-corrected chi connectivity index (χ2v) is 13.2. The lowest BCUT2D eigenvalue weighted by atomic mass is 9.99. The Morgan fingerprint density at radius 3 is 2.32 bits per heavy atom. The summed E-state index contributed by atoms with van der Waals surface area (Å²) < 4.78 is 6.99. The Labute approximate surface area is 195 Å². The van der Waals surface area contributed by atoms with Gasteiger partial charge in [0.05, 0.1) is 5.56 Å². The minimum atomic E-state index is -0.927. The molecule has 28 heavy (non-hydrogen) atoms. The molecule has 0 aliphatic rings.